The van der Waals surface area contributed by atoms with Gasteiger partial charge in [0.05, 0.1) is 12.7 Å². The second-order valence-corrected chi connectivity index (χ2v) is 8.80. The zero-order valence-corrected chi connectivity index (χ0v) is 18.1. The predicted octanol–water partition coefficient (Wildman–Crippen LogP) is 4.20. The number of carboxylic acid groups (broad SMARTS) is 1. The van der Waals surface area contributed by atoms with Crippen LogP contribution in [-0.2, 0) is 6.54 Å². The van der Waals surface area contributed by atoms with Gasteiger partial charge in [-0.15, -0.1) is 0 Å². The van der Waals surface area contributed by atoms with Crippen LogP contribution in [0, 0.1) is 6.92 Å². The summed E-state index contributed by atoms with van der Waals surface area (Å²) in [5, 5.41) is 10.5. The number of aromatic amines is 1. The Morgan fingerprint density at radius 2 is 2.03 bits per heavy atom. The zero-order chi connectivity index (χ0) is 21.5. The summed E-state index contributed by atoms with van der Waals surface area (Å²) >= 11 is 0. The molecule has 2 fully saturated rings. The molecule has 162 valence electrons. The molecule has 0 bridgehead atoms. The minimum absolute atomic E-state index is 0.220. The van der Waals surface area contributed by atoms with E-state index >= 15 is 0 Å². The van der Waals surface area contributed by atoms with Crippen molar-refractivity contribution in [2.75, 3.05) is 26.7 Å². The predicted molar refractivity (Wildman–Crippen MR) is 121 cm³/mol. The lowest BCUT2D eigenvalue weighted by atomic mass is 9.96. The van der Waals surface area contributed by atoms with Gasteiger partial charge in [-0.1, -0.05) is 12.1 Å². The minimum Gasteiger partial charge on any atom is -0.496 e. The summed E-state index contributed by atoms with van der Waals surface area (Å²) in [6.07, 6.45) is 4.49. The maximum atomic E-state index is 11.3. The number of hydrogen-bond acceptors (Lipinski definition) is 4. The van der Waals surface area contributed by atoms with Crippen LogP contribution in [0.15, 0.2) is 42.6 Å². The number of aryl methyl sites for hydroxylation is 1. The summed E-state index contributed by atoms with van der Waals surface area (Å²) in [6, 6.07) is 12.5. The molecule has 2 N–H and O–H groups in total. The molecule has 2 atom stereocenters. The Morgan fingerprint density at radius 3 is 2.77 bits per heavy atom. The van der Waals surface area contributed by atoms with E-state index in [0.29, 0.717) is 11.6 Å². The Morgan fingerprint density at radius 1 is 1.23 bits per heavy atom. The van der Waals surface area contributed by atoms with Crippen molar-refractivity contribution < 1.29 is 14.6 Å². The van der Waals surface area contributed by atoms with Crippen molar-refractivity contribution in [3.05, 3.63) is 64.8 Å². The molecule has 0 unspecified atom stereocenters. The van der Waals surface area contributed by atoms with E-state index in [2.05, 4.69) is 33.8 Å². The van der Waals surface area contributed by atoms with Crippen molar-refractivity contribution in [1.82, 2.24) is 14.8 Å². The molecule has 2 aliphatic rings. The first-order chi connectivity index (χ1) is 15.0. The third kappa shape index (κ3) is 3.60. The molecule has 1 aromatic heterocycles. The maximum absolute atomic E-state index is 11.3. The van der Waals surface area contributed by atoms with E-state index in [1.807, 2.05) is 18.3 Å². The molecule has 3 aromatic rings. The summed E-state index contributed by atoms with van der Waals surface area (Å²) in [5.41, 5.74) is 5.06. The number of hydrogen-bond donors (Lipinski definition) is 2. The van der Waals surface area contributed by atoms with Crippen LogP contribution in [0.25, 0.3) is 10.9 Å². The molecule has 0 aliphatic carbocycles. The van der Waals surface area contributed by atoms with Crippen LogP contribution in [0.4, 0.5) is 0 Å². The summed E-state index contributed by atoms with van der Waals surface area (Å²) in [7, 11) is 1.74. The Bertz CT molecular complexity index is 1110. The lowest BCUT2D eigenvalue weighted by Gasteiger charge is -2.44. The van der Waals surface area contributed by atoms with Gasteiger partial charge in [0.2, 0.25) is 0 Å². The van der Waals surface area contributed by atoms with E-state index < -0.39 is 5.97 Å². The molecule has 2 aliphatic heterocycles. The van der Waals surface area contributed by atoms with Crippen molar-refractivity contribution in [3.8, 4) is 5.75 Å². The summed E-state index contributed by atoms with van der Waals surface area (Å²) < 4.78 is 5.80. The van der Waals surface area contributed by atoms with E-state index in [1.165, 1.54) is 34.9 Å². The molecule has 3 heterocycles. The molecule has 31 heavy (non-hydrogen) atoms. The summed E-state index contributed by atoms with van der Waals surface area (Å²) in [5.74, 6) is 0.0457. The molecular weight excluding hydrogens is 390 g/mol. The van der Waals surface area contributed by atoms with Gasteiger partial charge in [-0.2, -0.15) is 0 Å². The van der Waals surface area contributed by atoms with Crippen LogP contribution in [0.3, 0.4) is 0 Å². The third-order valence-electron chi connectivity index (χ3n) is 7.03. The van der Waals surface area contributed by atoms with Crippen molar-refractivity contribution in [2.45, 2.75) is 38.4 Å². The van der Waals surface area contributed by atoms with Gasteiger partial charge < -0.3 is 14.8 Å². The van der Waals surface area contributed by atoms with Crippen LogP contribution in [0.5, 0.6) is 5.75 Å². The standard InChI is InChI=1S/C25H29N3O3/c1-16-12-23(31-2)21(20-9-10-26-24(16)20)14-28-13-19-4-3-11-27(19)15-22(28)17-5-7-18(8-6-17)25(29)30/h5-10,12,19,22,26H,3-4,11,13-15H2,1-2H3,(H,29,30)/t19-,22-/m0/s1. The molecule has 0 radical (unpaired) electrons. The number of methoxy groups -OCH3 is 1. The first-order valence-corrected chi connectivity index (χ1v) is 11.0. The van der Waals surface area contributed by atoms with E-state index in [-0.39, 0.29) is 6.04 Å². The number of aromatic carboxylic acids is 1. The number of benzene rings is 2. The lowest BCUT2D eigenvalue weighted by molar-refractivity contribution is 0.0446. The lowest BCUT2D eigenvalue weighted by Crippen LogP contribution is -2.51. The van der Waals surface area contributed by atoms with Gasteiger partial charge in [0.15, 0.2) is 0 Å². The zero-order valence-electron chi connectivity index (χ0n) is 18.1. The van der Waals surface area contributed by atoms with Crippen molar-refractivity contribution >= 4 is 16.9 Å². The fourth-order valence-electron chi connectivity index (χ4n) is 5.40. The SMILES string of the molecule is COc1cc(C)c2[nH]ccc2c1CN1C[C@@H]2CCCN2C[C@H]1c1ccc(C(=O)O)cc1. The van der Waals surface area contributed by atoms with Crippen LogP contribution < -0.4 is 4.74 Å². The quantitative estimate of drug-likeness (QED) is 0.649. The fourth-order valence-corrected chi connectivity index (χ4v) is 5.40. The number of carbonyl (C=O) groups is 1. The highest BCUT2D eigenvalue weighted by molar-refractivity contribution is 5.88. The van der Waals surface area contributed by atoms with E-state index in [1.54, 1.807) is 19.2 Å². The fraction of sp³-hybridized carbons (Fsp3) is 0.400. The number of H-pyrrole nitrogens is 1. The number of piperazine rings is 1. The van der Waals surface area contributed by atoms with Crippen molar-refractivity contribution in [1.29, 1.82) is 0 Å². The summed E-state index contributed by atoms with van der Waals surface area (Å²) in [6.45, 7) is 6.04. The normalized spacial score (nSPS) is 22.0. The second kappa shape index (κ2) is 8.02. The Labute approximate surface area is 182 Å². The van der Waals surface area contributed by atoms with Gasteiger partial charge in [0, 0.05) is 54.4 Å². The van der Waals surface area contributed by atoms with Crippen LogP contribution >= 0.6 is 0 Å². The highest BCUT2D eigenvalue weighted by Gasteiger charge is 2.37. The van der Waals surface area contributed by atoms with Crippen molar-refractivity contribution in [3.63, 3.8) is 0 Å². The van der Waals surface area contributed by atoms with Gasteiger partial charge in [0.25, 0.3) is 0 Å². The first-order valence-electron chi connectivity index (χ1n) is 11.0. The number of fused-ring (bicyclic) bond motifs is 2. The molecule has 0 saturated carbocycles. The van der Waals surface area contributed by atoms with E-state index in [4.69, 9.17) is 4.74 Å². The van der Waals surface area contributed by atoms with Crippen LogP contribution in [0.1, 0.15) is 45.9 Å². The number of carboxylic acids is 1. The third-order valence-corrected chi connectivity index (χ3v) is 7.03. The number of rotatable bonds is 5. The van der Waals surface area contributed by atoms with Crippen LogP contribution in [-0.4, -0.2) is 58.6 Å². The number of nitrogens with zero attached hydrogens (tertiary/aromatic N) is 2. The monoisotopic (exact) mass is 419 g/mol. The largest absolute Gasteiger partial charge is 0.496 e. The first kappa shape index (κ1) is 20.1. The minimum atomic E-state index is -0.883. The Balaban J connectivity index is 1.52. The van der Waals surface area contributed by atoms with Gasteiger partial charge >= 0.3 is 5.97 Å². The molecule has 0 spiro atoms. The molecule has 2 saturated heterocycles. The van der Waals surface area contributed by atoms with Crippen molar-refractivity contribution in [2.24, 2.45) is 0 Å². The van der Waals surface area contributed by atoms with Gasteiger partial charge in [-0.3, -0.25) is 9.80 Å². The van der Waals surface area contributed by atoms with Gasteiger partial charge in [0.1, 0.15) is 5.75 Å². The molecule has 5 rings (SSSR count). The van der Waals surface area contributed by atoms with E-state index in [9.17, 15) is 9.90 Å². The number of nitrogens with one attached hydrogen (secondary N) is 1. The van der Waals surface area contributed by atoms with E-state index in [0.717, 1.165) is 37.4 Å². The van der Waals surface area contributed by atoms with Crippen LogP contribution in [0.2, 0.25) is 0 Å². The topological polar surface area (TPSA) is 68.8 Å². The number of aromatic nitrogens is 1. The highest BCUT2D eigenvalue weighted by atomic mass is 16.5. The second-order valence-electron chi connectivity index (χ2n) is 8.80. The molecular formula is C25H29N3O3. The Hall–Kier alpha value is -2.83. The highest BCUT2D eigenvalue weighted by Crippen LogP contribution is 2.37. The summed E-state index contributed by atoms with van der Waals surface area (Å²) in [4.78, 5) is 19.8. The Kier molecular flexibility index (Phi) is 5.20. The number of ether oxygens (including phenoxy) is 1. The van der Waals surface area contributed by atoms with Gasteiger partial charge in [-0.05, 0) is 61.7 Å². The molecule has 2 aromatic carbocycles. The average Bonchev–Trinajstić information content (AvgIpc) is 3.44. The smallest absolute Gasteiger partial charge is 0.335 e. The molecule has 6 heteroatoms. The molecule has 0 amide bonds. The van der Waals surface area contributed by atoms with Gasteiger partial charge in [-0.25, -0.2) is 4.79 Å². The molecule has 6 nitrogen and oxygen atoms in total. The maximum Gasteiger partial charge on any atom is 0.335 e. The average molecular weight is 420 g/mol.